The van der Waals surface area contributed by atoms with Gasteiger partial charge in [0.1, 0.15) is 5.75 Å². The van der Waals surface area contributed by atoms with Gasteiger partial charge in [0.05, 0.1) is 29.4 Å². The van der Waals surface area contributed by atoms with Crippen molar-refractivity contribution in [1.82, 2.24) is 0 Å². The first-order chi connectivity index (χ1) is 15.2. The Morgan fingerprint density at radius 3 is 2.22 bits per heavy atom. The molecule has 3 aromatic rings. The maximum absolute atomic E-state index is 14.2. The van der Waals surface area contributed by atoms with Crippen LogP contribution in [-0.4, -0.2) is 12.7 Å². The Labute approximate surface area is 199 Å². The number of ether oxygens (including phenoxy) is 3. The Hall–Kier alpha value is -2.27. The van der Waals surface area contributed by atoms with Gasteiger partial charge < -0.3 is 14.2 Å². The van der Waals surface area contributed by atoms with Crippen molar-refractivity contribution < 1.29 is 18.6 Å². The van der Waals surface area contributed by atoms with E-state index >= 15 is 0 Å². The molecule has 0 radical (unpaired) electrons. The van der Waals surface area contributed by atoms with Gasteiger partial charge in [-0.15, -0.1) is 0 Å². The smallest absolute Gasteiger partial charge is 0.165 e. The molecule has 170 valence electrons. The molecule has 0 aromatic heterocycles. The van der Waals surface area contributed by atoms with Crippen molar-refractivity contribution in [3.63, 3.8) is 0 Å². The fourth-order valence-corrected chi connectivity index (χ4v) is 3.71. The van der Waals surface area contributed by atoms with Gasteiger partial charge in [-0.3, -0.25) is 0 Å². The highest BCUT2D eigenvalue weighted by atomic mass is 35.5. The second-order valence-corrected chi connectivity index (χ2v) is 9.31. The molecule has 0 fully saturated rings. The topological polar surface area (TPSA) is 27.7 Å². The van der Waals surface area contributed by atoms with Gasteiger partial charge in [-0.1, -0.05) is 61.3 Å². The highest BCUT2D eigenvalue weighted by Crippen LogP contribution is 2.38. The molecule has 32 heavy (non-hydrogen) atoms. The van der Waals surface area contributed by atoms with Crippen LogP contribution in [0.5, 0.6) is 17.2 Å². The predicted molar refractivity (Wildman–Crippen MR) is 128 cm³/mol. The maximum atomic E-state index is 14.2. The summed E-state index contributed by atoms with van der Waals surface area (Å²) in [5.74, 6) is 0.798. The highest BCUT2D eigenvalue weighted by Gasteiger charge is 2.24. The first-order valence-electron chi connectivity index (χ1n) is 10.4. The second-order valence-electron chi connectivity index (χ2n) is 8.49. The fourth-order valence-electron chi connectivity index (χ4n) is 3.14. The number of para-hydroxylation sites is 1. The van der Waals surface area contributed by atoms with E-state index in [0.717, 1.165) is 11.1 Å². The molecule has 0 aliphatic rings. The van der Waals surface area contributed by atoms with Crippen LogP contribution in [-0.2, 0) is 16.8 Å². The predicted octanol–water partition coefficient (Wildman–Crippen LogP) is 8.21. The van der Waals surface area contributed by atoms with Crippen molar-refractivity contribution in [2.75, 3.05) is 6.61 Å². The molecule has 0 aliphatic heterocycles. The van der Waals surface area contributed by atoms with E-state index < -0.39 is 5.82 Å². The molecule has 3 aromatic carbocycles. The van der Waals surface area contributed by atoms with Crippen LogP contribution >= 0.6 is 23.2 Å². The number of hydrogen-bond acceptors (Lipinski definition) is 3. The molecule has 0 N–H and O–H groups in total. The van der Waals surface area contributed by atoms with Gasteiger partial charge in [0, 0.05) is 5.41 Å². The zero-order valence-corrected chi connectivity index (χ0v) is 20.1. The minimum Gasteiger partial charge on any atom is -0.488 e. The van der Waals surface area contributed by atoms with Crippen molar-refractivity contribution in [3.8, 4) is 17.2 Å². The summed E-state index contributed by atoms with van der Waals surface area (Å²) in [5.41, 5.74) is 1.40. The van der Waals surface area contributed by atoms with Crippen molar-refractivity contribution in [3.05, 3.63) is 87.7 Å². The molecule has 0 saturated carbocycles. The van der Waals surface area contributed by atoms with Gasteiger partial charge in [-0.2, -0.15) is 0 Å². The largest absolute Gasteiger partial charge is 0.488 e. The van der Waals surface area contributed by atoms with Crippen LogP contribution in [0.25, 0.3) is 0 Å². The van der Waals surface area contributed by atoms with E-state index in [0.29, 0.717) is 34.8 Å². The van der Waals surface area contributed by atoms with Crippen molar-refractivity contribution in [2.24, 2.45) is 0 Å². The summed E-state index contributed by atoms with van der Waals surface area (Å²) in [6.45, 7) is 8.66. The molecule has 0 aliphatic carbocycles. The molecule has 0 unspecified atom stereocenters. The van der Waals surface area contributed by atoms with E-state index in [4.69, 9.17) is 37.4 Å². The van der Waals surface area contributed by atoms with E-state index in [1.54, 1.807) is 24.3 Å². The Balaban J connectivity index is 1.66. The van der Waals surface area contributed by atoms with E-state index in [-0.39, 0.29) is 17.3 Å². The Kier molecular flexibility index (Phi) is 8.05. The summed E-state index contributed by atoms with van der Waals surface area (Å²) in [5, 5.41) is 0.936. The van der Waals surface area contributed by atoms with E-state index in [1.165, 1.54) is 6.07 Å². The Bertz CT molecular complexity index is 1030. The average Bonchev–Trinajstić information content (AvgIpc) is 2.73. The monoisotopic (exact) mass is 476 g/mol. The third kappa shape index (κ3) is 6.38. The van der Waals surface area contributed by atoms with Crippen molar-refractivity contribution in [2.45, 2.75) is 45.8 Å². The van der Waals surface area contributed by atoms with E-state index in [9.17, 15) is 4.39 Å². The van der Waals surface area contributed by atoms with Crippen molar-refractivity contribution in [1.29, 1.82) is 0 Å². The summed E-state index contributed by atoms with van der Waals surface area (Å²) >= 11 is 12.8. The van der Waals surface area contributed by atoms with E-state index in [1.807, 2.05) is 58.0 Å². The minimum atomic E-state index is -0.425. The zero-order chi connectivity index (χ0) is 23.3. The third-order valence-electron chi connectivity index (χ3n) is 4.83. The lowest BCUT2D eigenvalue weighted by Gasteiger charge is -2.26. The van der Waals surface area contributed by atoms with Gasteiger partial charge >= 0.3 is 0 Å². The summed E-state index contributed by atoms with van der Waals surface area (Å²) in [7, 11) is 0. The number of benzene rings is 3. The Morgan fingerprint density at radius 1 is 0.938 bits per heavy atom. The standard InChI is InChI=1S/C26H27Cl2FO3/c1-17(2)31-25-21(27)13-19(14-22(25)28)26(3,4)16-30-15-18-10-11-23(29)24(12-18)32-20-8-6-5-7-9-20/h5-14,17H,15-16H2,1-4H3. The third-order valence-corrected chi connectivity index (χ3v) is 5.39. The van der Waals surface area contributed by atoms with E-state index in [2.05, 4.69) is 0 Å². The quantitative estimate of drug-likeness (QED) is 0.311. The first kappa shape index (κ1) is 24.4. The summed E-state index contributed by atoms with van der Waals surface area (Å²) in [6.07, 6.45) is -0.0290. The number of hydrogen-bond donors (Lipinski definition) is 0. The van der Waals surface area contributed by atoms with Crippen LogP contribution in [0.3, 0.4) is 0 Å². The lowest BCUT2D eigenvalue weighted by atomic mass is 9.85. The molecule has 6 heteroatoms. The SMILES string of the molecule is CC(C)Oc1c(Cl)cc(C(C)(C)COCc2ccc(F)c(Oc3ccccc3)c2)cc1Cl. The van der Waals surface area contributed by atoms with Crippen molar-refractivity contribution >= 4 is 23.2 Å². The molecular formula is C26H27Cl2FO3. The highest BCUT2D eigenvalue weighted by molar-refractivity contribution is 6.37. The van der Waals surface area contributed by atoms with Gasteiger partial charge in [-0.25, -0.2) is 4.39 Å². The Morgan fingerprint density at radius 2 is 1.59 bits per heavy atom. The lowest BCUT2D eigenvalue weighted by Crippen LogP contribution is -2.24. The second kappa shape index (κ2) is 10.6. The number of halogens is 3. The van der Waals surface area contributed by atoms with Gasteiger partial charge in [-0.05, 0) is 61.4 Å². The van der Waals surface area contributed by atoms with Gasteiger partial charge in [0.15, 0.2) is 17.3 Å². The van der Waals surface area contributed by atoms with Gasteiger partial charge in [0.25, 0.3) is 0 Å². The molecule has 0 heterocycles. The summed E-state index contributed by atoms with van der Waals surface area (Å²) in [6, 6.07) is 17.5. The minimum absolute atomic E-state index is 0.0290. The van der Waals surface area contributed by atoms with Crippen LogP contribution in [0, 0.1) is 5.82 Å². The van der Waals surface area contributed by atoms with Crippen LogP contribution in [0.15, 0.2) is 60.7 Å². The maximum Gasteiger partial charge on any atom is 0.165 e. The van der Waals surface area contributed by atoms with Crippen LogP contribution in [0.4, 0.5) is 4.39 Å². The molecule has 3 nitrogen and oxygen atoms in total. The normalized spacial score (nSPS) is 11.6. The number of rotatable bonds is 9. The molecule has 3 rings (SSSR count). The molecule has 0 amide bonds. The molecular weight excluding hydrogens is 450 g/mol. The zero-order valence-electron chi connectivity index (χ0n) is 18.6. The van der Waals surface area contributed by atoms with Gasteiger partial charge in [0.2, 0.25) is 0 Å². The molecule has 0 atom stereocenters. The first-order valence-corrected chi connectivity index (χ1v) is 11.2. The lowest BCUT2D eigenvalue weighted by molar-refractivity contribution is 0.0823. The summed E-state index contributed by atoms with van der Waals surface area (Å²) < 4.78 is 31.5. The molecule has 0 saturated heterocycles. The van der Waals surface area contributed by atoms with Crippen LogP contribution in [0.1, 0.15) is 38.8 Å². The molecule has 0 spiro atoms. The van der Waals surface area contributed by atoms with Crippen LogP contribution < -0.4 is 9.47 Å². The average molecular weight is 477 g/mol. The molecule has 0 bridgehead atoms. The summed E-state index contributed by atoms with van der Waals surface area (Å²) in [4.78, 5) is 0. The fraction of sp³-hybridized carbons (Fsp3) is 0.308. The van der Waals surface area contributed by atoms with Crippen LogP contribution in [0.2, 0.25) is 10.0 Å².